The zero-order chi connectivity index (χ0) is 10.9. The normalized spacial score (nSPS) is 19.2. The van der Waals surface area contributed by atoms with Gasteiger partial charge < -0.3 is 10.3 Å². The predicted molar refractivity (Wildman–Crippen MR) is 60.4 cm³/mol. The summed E-state index contributed by atoms with van der Waals surface area (Å²) in [6, 6.07) is 0. The Morgan fingerprint density at radius 3 is 2.80 bits per heavy atom. The van der Waals surface area contributed by atoms with Gasteiger partial charge >= 0.3 is 0 Å². The average molecular weight is 227 g/mol. The van der Waals surface area contributed by atoms with Crippen LogP contribution in [0, 0.1) is 0 Å². The van der Waals surface area contributed by atoms with E-state index < -0.39 is 0 Å². The van der Waals surface area contributed by atoms with E-state index in [0.29, 0.717) is 11.1 Å². The van der Waals surface area contributed by atoms with Gasteiger partial charge in [0.2, 0.25) is 5.89 Å². The van der Waals surface area contributed by atoms with E-state index in [1.165, 1.54) is 0 Å². The predicted octanol–water partition coefficient (Wildman–Crippen LogP) is 2.05. The van der Waals surface area contributed by atoms with Crippen LogP contribution in [-0.2, 0) is 11.3 Å². The van der Waals surface area contributed by atoms with Crippen molar-refractivity contribution in [2.75, 3.05) is 0 Å². The fourth-order valence-electron chi connectivity index (χ4n) is 1.53. The molecular weight excluding hydrogens is 210 g/mol. The maximum atomic E-state index is 6.09. The van der Waals surface area contributed by atoms with Crippen LogP contribution in [0.25, 0.3) is 0 Å². The zero-order valence-corrected chi connectivity index (χ0v) is 10.0. The highest BCUT2D eigenvalue weighted by Gasteiger charge is 2.39. The van der Waals surface area contributed by atoms with E-state index in [9.17, 15) is 0 Å². The number of hydrogen-bond donors (Lipinski definition) is 1. The highest BCUT2D eigenvalue weighted by atomic mass is 32.2. The molecule has 5 heteroatoms. The Balaban J connectivity index is 1.98. The molecule has 1 aromatic rings. The Labute approximate surface area is 94.0 Å². The van der Waals surface area contributed by atoms with Crippen LogP contribution in [0.5, 0.6) is 0 Å². The highest BCUT2D eigenvalue weighted by molar-refractivity contribution is 7.99. The Hall–Kier alpha value is -0.550. The van der Waals surface area contributed by atoms with Crippen molar-refractivity contribution in [2.24, 2.45) is 5.73 Å². The second kappa shape index (κ2) is 4.14. The third-order valence-electron chi connectivity index (χ3n) is 2.69. The van der Waals surface area contributed by atoms with Gasteiger partial charge in [0, 0.05) is 0 Å². The maximum absolute atomic E-state index is 6.09. The molecule has 15 heavy (non-hydrogen) atoms. The summed E-state index contributed by atoms with van der Waals surface area (Å²) in [4.78, 5) is 4.35. The lowest BCUT2D eigenvalue weighted by molar-refractivity contribution is 0.181. The first-order valence-corrected chi connectivity index (χ1v) is 6.38. The molecule has 1 heterocycles. The van der Waals surface area contributed by atoms with E-state index >= 15 is 0 Å². The number of nitrogens with zero attached hydrogens (tertiary/aromatic N) is 2. The van der Waals surface area contributed by atoms with E-state index in [4.69, 9.17) is 10.3 Å². The van der Waals surface area contributed by atoms with E-state index in [0.717, 1.165) is 30.8 Å². The summed E-state index contributed by atoms with van der Waals surface area (Å²) in [6.45, 7) is 4.31. The second-order valence-corrected chi connectivity index (χ2v) is 5.95. The molecule has 1 saturated carbocycles. The molecule has 0 unspecified atom stereocenters. The summed E-state index contributed by atoms with van der Waals surface area (Å²) in [6.07, 6.45) is 3.09. The lowest BCUT2D eigenvalue weighted by Crippen LogP contribution is -2.43. The average Bonchev–Trinajstić information content (AvgIpc) is 2.59. The van der Waals surface area contributed by atoms with Gasteiger partial charge in [-0.1, -0.05) is 19.0 Å². The number of aromatic nitrogens is 2. The summed E-state index contributed by atoms with van der Waals surface area (Å²) in [5.74, 6) is 2.19. The van der Waals surface area contributed by atoms with Crippen LogP contribution in [0.3, 0.4) is 0 Å². The molecule has 1 aliphatic rings. The van der Waals surface area contributed by atoms with Crippen molar-refractivity contribution in [3.05, 3.63) is 11.7 Å². The zero-order valence-electron chi connectivity index (χ0n) is 9.19. The van der Waals surface area contributed by atoms with Gasteiger partial charge in [-0.2, -0.15) is 16.7 Å². The molecule has 4 nitrogen and oxygen atoms in total. The van der Waals surface area contributed by atoms with Crippen molar-refractivity contribution in [1.82, 2.24) is 10.1 Å². The van der Waals surface area contributed by atoms with Crippen molar-refractivity contribution < 1.29 is 4.52 Å². The maximum Gasteiger partial charge on any atom is 0.246 e. The van der Waals surface area contributed by atoms with Gasteiger partial charge in [-0.15, -0.1) is 0 Å². The van der Waals surface area contributed by atoms with Crippen molar-refractivity contribution in [3.63, 3.8) is 0 Å². The van der Waals surface area contributed by atoms with Crippen molar-refractivity contribution in [2.45, 2.75) is 49.7 Å². The quantitative estimate of drug-likeness (QED) is 0.852. The minimum absolute atomic E-state index is 0.326. The molecule has 0 amide bonds. The Morgan fingerprint density at radius 1 is 1.53 bits per heavy atom. The van der Waals surface area contributed by atoms with Gasteiger partial charge in [-0.05, 0) is 24.5 Å². The first-order valence-electron chi connectivity index (χ1n) is 5.34. The van der Waals surface area contributed by atoms with Crippen molar-refractivity contribution in [3.8, 4) is 0 Å². The lowest BCUT2D eigenvalue weighted by Gasteiger charge is -2.33. The molecule has 0 spiro atoms. The Kier molecular flexibility index (Phi) is 3.02. The van der Waals surface area contributed by atoms with Gasteiger partial charge in [0.25, 0.3) is 0 Å². The summed E-state index contributed by atoms with van der Waals surface area (Å²) in [7, 11) is 0. The summed E-state index contributed by atoms with van der Waals surface area (Å²) < 4.78 is 5.20. The van der Waals surface area contributed by atoms with Crippen LogP contribution in [0.4, 0.5) is 0 Å². The van der Waals surface area contributed by atoms with E-state index in [-0.39, 0.29) is 5.54 Å². The first kappa shape index (κ1) is 11.0. The van der Waals surface area contributed by atoms with Crippen LogP contribution in [-0.4, -0.2) is 15.4 Å². The van der Waals surface area contributed by atoms with Gasteiger partial charge in [-0.25, -0.2) is 0 Å². The van der Waals surface area contributed by atoms with Gasteiger partial charge in [0.15, 0.2) is 5.82 Å². The topological polar surface area (TPSA) is 64.9 Å². The van der Waals surface area contributed by atoms with Gasteiger partial charge in [0.1, 0.15) is 0 Å². The fraction of sp³-hybridized carbons (Fsp3) is 0.800. The SMILES string of the molecule is CC(C)SCc1noc(C2(N)CCC2)n1. The molecule has 1 aromatic heterocycles. The van der Waals surface area contributed by atoms with E-state index in [2.05, 4.69) is 24.0 Å². The molecule has 0 aliphatic heterocycles. The summed E-state index contributed by atoms with van der Waals surface area (Å²) >= 11 is 1.81. The van der Waals surface area contributed by atoms with Crippen LogP contribution >= 0.6 is 11.8 Å². The minimum Gasteiger partial charge on any atom is -0.337 e. The number of hydrogen-bond acceptors (Lipinski definition) is 5. The molecule has 0 saturated heterocycles. The molecule has 2 N–H and O–H groups in total. The van der Waals surface area contributed by atoms with Crippen LogP contribution in [0.15, 0.2) is 4.52 Å². The molecule has 1 aliphatic carbocycles. The number of nitrogens with two attached hydrogens (primary N) is 1. The third kappa shape index (κ3) is 2.34. The molecule has 0 radical (unpaired) electrons. The molecule has 0 atom stereocenters. The monoisotopic (exact) mass is 227 g/mol. The fourth-order valence-corrected chi connectivity index (χ4v) is 2.13. The number of rotatable bonds is 4. The van der Waals surface area contributed by atoms with Crippen LogP contribution in [0.1, 0.15) is 44.8 Å². The van der Waals surface area contributed by atoms with Gasteiger partial charge in [-0.3, -0.25) is 0 Å². The first-order chi connectivity index (χ1) is 7.10. The molecule has 1 fully saturated rings. The summed E-state index contributed by atoms with van der Waals surface area (Å²) in [5, 5.41) is 4.53. The molecule has 2 rings (SSSR count). The third-order valence-corrected chi connectivity index (χ3v) is 3.78. The standard InChI is InChI=1S/C10H17N3OS/c1-7(2)15-6-8-12-9(14-13-8)10(11)4-3-5-10/h7H,3-6,11H2,1-2H3. The Bertz CT molecular complexity index is 333. The molecule has 84 valence electrons. The largest absolute Gasteiger partial charge is 0.337 e. The van der Waals surface area contributed by atoms with Crippen molar-refractivity contribution >= 4 is 11.8 Å². The Morgan fingerprint density at radius 2 is 2.27 bits per heavy atom. The lowest BCUT2D eigenvalue weighted by atomic mass is 9.78. The molecule has 0 aromatic carbocycles. The van der Waals surface area contributed by atoms with Crippen LogP contribution in [0.2, 0.25) is 0 Å². The van der Waals surface area contributed by atoms with E-state index in [1.54, 1.807) is 0 Å². The van der Waals surface area contributed by atoms with Crippen LogP contribution < -0.4 is 5.73 Å². The smallest absolute Gasteiger partial charge is 0.246 e. The highest BCUT2D eigenvalue weighted by Crippen LogP contribution is 2.37. The minimum atomic E-state index is -0.326. The van der Waals surface area contributed by atoms with Gasteiger partial charge in [0.05, 0.1) is 11.3 Å². The summed E-state index contributed by atoms with van der Waals surface area (Å²) in [5.41, 5.74) is 5.76. The van der Waals surface area contributed by atoms with E-state index in [1.807, 2.05) is 11.8 Å². The second-order valence-electron chi connectivity index (χ2n) is 4.39. The number of thioether (sulfide) groups is 1. The van der Waals surface area contributed by atoms with Crippen molar-refractivity contribution in [1.29, 1.82) is 0 Å². The molecule has 0 bridgehead atoms. The molecular formula is C10H17N3OS.